The first kappa shape index (κ1) is 17.3. The Hall–Kier alpha value is -2.81. The molecule has 0 spiro atoms. The van der Waals surface area contributed by atoms with E-state index in [9.17, 15) is 10.2 Å². The van der Waals surface area contributed by atoms with Gasteiger partial charge in [0.1, 0.15) is 28.9 Å². The molecule has 3 heterocycles. The maximum atomic E-state index is 10.9. The summed E-state index contributed by atoms with van der Waals surface area (Å²) >= 11 is 1.51. The molecule has 1 saturated carbocycles. The number of aliphatic hydroxyl groups excluding tert-OH is 2. The topological polar surface area (TPSA) is 110 Å². The standard InChI is InChI=1S/C20H19N5O2S/c21-18-15-13(20-22-6-7-28-20)9-25(19(15)24-10-23-18)14-8-12(16(26)17(14)27)11-4-2-1-3-5-11/h1-7,9-10,12,14,16-17,26-27H,8H2,(H2,21,23,24)/t12-,14-,16-,17+/m1/s1. The Balaban J connectivity index is 1.63. The van der Waals surface area contributed by atoms with Crippen LogP contribution in [0.15, 0.2) is 54.4 Å². The van der Waals surface area contributed by atoms with Crippen LogP contribution in [0.2, 0.25) is 0 Å². The van der Waals surface area contributed by atoms with Crippen molar-refractivity contribution in [1.29, 1.82) is 0 Å². The highest BCUT2D eigenvalue weighted by atomic mass is 32.1. The molecule has 1 fully saturated rings. The number of nitrogens with zero attached hydrogens (tertiary/aromatic N) is 4. The van der Waals surface area contributed by atoms with Gasteiger partial charge in [0.25, 0.3) is 0 Å². The Labute approximate surface area is 165 Å². The van der Waals surface area contributed by atoms with Crippen molar-refractivity contribution < 1.29 is 10.2 Å². The molecule has 4 aromatic rings. The second kappa shape index (κ2) is 6.66. The number of nitrogen functional groups attached to an aromatic ring is 1. The smallest absolute Gasteiger partial charge is 0.146 e. The minimum Gasteiger partial charge on any atom is -0.390 e. The number of anilines is 1. The van der Waals surface area contributed by atoms with Gasteiger partial charge in [0.05, 0.1) is 17.5 Å². The fourth-order valence-corrected chi connectivity index (χ4v) is 4.85. The first-order valence-electron chi connectivity index (χ1n) is 9.07. The van der Waals surface area contributed by atoms with Gasteiger partial charge in [-0.1, -0.05) is 30.3 Å². The van der Waals surface area contributed by atoms with E-state index < -0.39 is 12.2 Å². The monoisotopic (exact) mass is 393 g/mol. The molecular formula is C20H19N5O2S. The number of hydrogen-bond donors (Lipinski definition) is 3. The number of hydrogen-bond acceptors (Lipinski definition) is 7. The van der Waals surface area contributed by atoms with Gasteiger partial charge in [-0.25, -0.2) is 15.0 Å². The van der Waals surface area contributed by atoms with Gasteiger partial charge in [0.2, 0.25) is 0 Å². The summed E-state index contributed by atoms with van der Waals surface area (Å²) < 4.78 is 1.92. The van der Waals surface area contributed by atoms with E-state index >= 15 is 0 Å². The molecule has 0 unspecified atom stereocenters. The number of rotatable bonds is 3. The molecule has 0 bridgehead atoms. The molecule has 4 atom stereocenters. The van der Waals surface area contributed by atoms with Gasteiger partial charge in [-0.2, -0.15) is 0 Å². The van der Waals surface area contributed by atoms with Gasteiger partial charge < -0.3 is 20.5 Å². The maximum Gasteiger partial charge on any atom is 0.146 e. The molecule has 0 amide bonds. The second-order valence-corrected chi connectivity index (χ2v) is 7.94. The Morgan fingerprint density at radius 3 is 2.64 bits per heavy atom. The van der Waals surface area contributed by atoms with Crippen molar-refractivity contribution in [1.82, 2.24) is 19.5 Å². The van der Waals surface area contributed by atoms with Gasteiger partial charge in [0.15, 0.2) is 0 Å². The predicted octanol–water partition coefficient (Wildman–Crippen LogP) is 2.59. The zero-order valence-electron chi connectivity index (χ0n) is 14.9. The van der Waals surface area contributed by atoms with Crippen molar-refractivity contribution >= 4 is 28.2 Å². The average Bonchev–Trinajstić information content (AvgIpc) is 3.42. The highest BCUT2D eigenvalue weighted by Crippen LogP contribution is 2.44. The number of benzene rings is 1. The van der Waals surface area contributed by atoms with Gasteiger partial charge in [-0.3, -0.25) is 0 Å². The van der Waals surface area contributed by atoms with Crippen LogP contribution in [0.25, 0.3) is 21.6 Å². The summed E-state index contributed by atoms with van der Waals surface area (Å²) in [6.45, 7) is 0. The lowest BCUT2D eigenvalue weighted by Gasteiger charge is -2.19. The van der Waals surface area contributed by atoms with E-state index in [0.29, 0.717) is 17.9 Å². The highest BCUT2D eigenvalue weighted by Gasteiger charge is 2.43. The molecule has 4 N–H and O–H groups in total. The number of thiazole rings is 1. The van der Waals surface area contributed by atoms with E-state index in [1.165, 1.54) is 17.7 Å². The van der Waals surface area contributed by atoms with Crippen LogP contribution in [0, 0.1) is 0 Å². The van der Waals surface area contributed by atoms with Crippen LogP contribution in [0.4, 0.5) is 5.82 Å². The molecule has 0 radical (unpaired) electrons. The van der Waals surface area contributed by atoms with Crippen molar-refractivity contribution in [2.75, 3.05) is 5.73 Å². The van der Waals surface area contributed by atoms with Gasteiger partial charge in [0, 0.05) is 29.3 Å². The fraction of sp³-hybridized carbons (Fsp3) is 0.250. The van der Waals surface area contributed by atoms with Gasteiger partial charge >= 0.3 is 0 Å². The number of fused-ring (bicyclic) bond motifs is 1. The lowest BCUT2D eigenvalue weighted by Crippen LogP contribution is -2.28. The second-order valence-electron chi connectivity index (χ2n) is 7.05. The summed E-state index contributed by atoms with van der Waals surface area (Å²) in [5.41, 5.74) is 8.65. The fourth-order valence-electron chi connectivity index (χ4n) is 4.20. The van der Waals surface area contributed by atoms with E-state index in [1.807, 2.05) is 46.5 Å². The highest BCUT2D eigenvalue weighted by molar-refractivity contribution is 7.13. The van der Waals surface area contributed by atoms with E-state index in [0.717, 1.165) is 21.5 Å². The predicted molar refractivity (Wildman–Crippen MR) is 108 cm³/mol. The lowest BCUT2D eigenvalue weighted by molar-refractivity contribution is 0.0179. The largest absolute Gasteiger partial charge is 0.390 e. The molecule has 8 heteroatoms. The Morgan fingerprint density at radius 2 is 1.89 bits per heavy atom. The van der Waals surface area contributed by atoms with Gasteiger partial charge in [-0.15, -0.1) is 11.3 Å². The molecule has 28 heavy (non-hydrogen) atoms. The van der Waals surface area contributed by atoms with Crippen LogP contribution in [-0.4, -0.2) is 41.9 Å². The molecule has 1 aliphatic carbocycles. The molecule has 0 saturated heterocycles. The minimum atomic E-state index is -0.916. The molecule has 3 aromatic heterocycles. The third kappa shape index (κ3) is 2.61. The van der Waals surface area contributed by atoms with Crippen LogP contribution in [0.5, 0.6) is 0 Å². The van der Waals surface area contributed by atoms with Crippen LogP contribution < -0.4 is 5.73 Å². The summed E-state index contributed by atoms with van der Waals surface area (Å²) in [5.74, 6) is 0.225. The van der Waals surface area contributed by atoms with E-state index in [-0.39, 0.29) is 12.0 Å². The molecule has 7 nitrogen and oxygen atoms in total. The van der Waals surface area contributed by atoms with Crippen LogP contribution in [-0.2, 0) is 0 Å². The van der Waals surface area contributed by atoms with Crippen LogP contribution in [0.1, 0.15) is 23.9 Å². The van der Waals surface area contributed by atoms with Crippen LogP contribution >= 0.6 is 11.3 Å². The van der Waals surface area contributed by atoms with Crippen molar-refractivity contribution in [3.63, 3.8) is 0 Å². The van der Waals surface area contributed by atoms with Crippen molar-refractivity contribution in [2.45, 2.75) is 30.6 Å². The molecule has 1 aromatic carbocycles. The Morgan fingerprint density at radius 1 is 1.07 bits per heavy atom. The summed E-state index contributed by atoms with van der Waals surface area (Å²) in [6.07, 6.45) is 3.91. The third-order valence-corrected chi connectivity index (χ3v) is 6.34. The number of aliphatic hydroxyl groups is 2. The Bertz CT molecular complexity index is 1110. The van der Waals surface area contributed by atoms with E-state index in [4.69, 9.17) is 5.73 Å². The summed E-state index contributed by atoms with van der Waals surface area (Å²) in [7, 11) is 0. The summed E-state index contributed by atoms with van der Waals surface area (Å²) in [4.78, 5) is 13.0. The quantitative estimate of drug-likeness (QED) is 0.493. The summed E-state index contributed by atoms with van der Waals surface area (Å²) in [5, 5.41) is 25.0. The minimum absolute atomic E-state index is 0.152. The molecule has 1 aliphatic rings. The third-order valence-electron chi connectivity index (χ3n) is 5.54. The SMILES string of the molecule is Nc1ncnc2c1c(-c1nccs1)cn2[C@@H]1C[C@H](c2ccccc2)[C@@H](O)[C@H]1O. The summed E-state index contributed by atoms with van der Waals surface area (Å²) in [6, 6.07) is 9.47. The first-order chi connectivity index (χ1) is 13.6. The molecule has 5 rings (SSSR count). The lowest BCUT2D eigenvalue weighted by atomic mass is 9.95. The molecule has 142 valence electrons. The first-order valence-corrected chi connectivity index (χ1v) is 9.95. The number of aromatic nitrogens is 4. The van der Waals surface area contributed by atoms with Crippen LogP contribution in [0.3, 0.4) is 0 Å². The van der Waals surface area contributed by atoms with Crippen molar-refractivity contribution in [2.24, 2.45) is 0 Å². The molecule has 0 aliphatic heterocycles. The van der Waals surface area contributed by atoms with E-state index in [2.05, 4.69) is 15.0 Å². The Kier molecular flexibility index (Phi) is 4.12. The van der Waals surface area contributed by atoms with E-state index in [1.54, 1.807) is 6.20 Å². The normalized spacial score (nSPS) is 24.8. The van der Waals surface area contributed by atoms with Gasteiger partial charge in [-0.05, 0) is 12.0 Å². The van der Waals surface area contributed by atoms with Crippen molar-refractivity contribution in [3.8, 4) is 10.6 Å². The molecular weight excluding hydrogens is 374 g/mol. The van der Waals surface area contributed by atoms with Crippen molar-refractivity contribution in [3.05, 3.63) is 60.0 Å². The maximum absolute atomic E-state index is 10.9. The zero-order chi connectivity index (χ0) is 19.3. The number of nitrogens with two attached hydrogens (primary N) is 1. The average molecular weight is 393 g/mol. The zero-order valence-corrected chi connectivity index (χ0v) is 15.7.